The van der Waals surface area contributed by atoms with Crippen molar-refractivity contribution in [3.8, 4) is 0 Å². The zero-order valence-electron chi connectivity index (χ0n) is 10.9. The fourth-order valence-corrected chi connectivity index (χ4v) is 10.8. The van der Waals surface area contributed by atoms with E-state index in [-0.39, 0.29) is 0 Å². The summed E-state index contributed by atoms with van der Waals surface area (Å²) >= 11 is 0. The molecule has 3 heteroatoms. The summed E-state index contributed by atoms with van der Waals surface area (Å²) in [6.07, 6.45) is 5.46. The van der Waals surface area contributed by atoms with Crippen LogP contribution in [0.25, 0.3) is 0 Å². The highest BCUT2D eigenvalue weighted by atomic mass is 28.4. The molecule has 1 unspecified atom stereocenters. The van der Waals surface area contributed by atoms with Gasteiger partial charge in [0.25, 0.3) is 0 Å². The minimum atomic E-state index is -1.22. The van der Waals surface area contributed by atoms with Crippen molar-refractivity contribution in [2.45, 2.75) is 45.1 Å². The van der Waals surface area contributed by atoms with Gasteiger partial charge in [-0.3, -0.25) is 0 Å². The summed E-state index contributed by atoms with van der Waals surface area (Å²) in [5.74, 6) is 0. The number of nitrogens with zero attached hydrogens (tertiary/aromatic N) is 1. The SMILES string of the molecule is C=CC[SiH](C)N(CCC)[Si](C)(C)CC=C. The Kier molecular flexibility index (Phi) is 7.14. The van der Waals surface area contributed by atoms with Crippen LogP contribution in [-0.4, -0.2) is 28.0 Å². The maximum absolute atomic E-state index is 3.90. The van der Waals surface area contributed by atoms with E-state index in [1.165, 1.54) is 25.1 Å². The van der Waals surface area contributed by atoms with Gasteiger partial charge < -0.3 is 4.23 Å². The van der Waals surface area contributed by atoms with E-state index in [9.17, 15) is 0 Å². The summed E-state index contributed by atoms with van der Waals surface area (Å²) < 4.78 is 2.84. The van der Waals surface area contributed by atoms with Crippen molar-refractivity contribution in [1.29, 1.82) is 0 Å². The van der Waals surface area contributed by atoms with Gasteiger partial charge in [0.2, 0.25) is 0 Å². The van der Waals surface area contributed by atoms with Crippen LogP contribution in [0.5, 0.6) is 0 Å². The summed E-state index contributed by atoms with van der Waals surface area (Å²) in [6.45, 7) is 18.7. The van der Waals surface area contributed by atoms with Gasteiger partial charge in [-0.2, -0.15) is 0 Å². The van der Waals surface area contributed by atoms with E-state index in [1.54, 1.807) is 0 Å². The van der Waals surface area contributed by atoms with Gasteiger partial charge in [0.1, 0.15) is 17.2 Å². The van der Waals surface area contributed by atoms with Crippen LogP contribution in [0.1, 0.15) is 13.3 Å². The molecule has 0 fully saturated rings. The number of hydrogen-bond acceptors (Lipinski definition) is 1. The molecule has 0 radical (unpaired) electrons. The molecule has 0 rings (SSSR count). The standard InChI is InChI=1S/C12H27NSi2/c1-7-10-13(14(4)11-8-2)15(5,6)12-9-3/h8-9,14H,2-3,7,10-12H2,1,4-6H3. The van der Waals surface area contributed by atoms with E-state index < -0.39 is 17.2 Å². The number of allylic oxidation sites excluding steroid dienone is 2. The number of rotatable bonds is 8. The first kappa shape index (κ1) is 14.9. The van der Waals surface area contributed by atoms with Gasteiger partial charge in [-0.1, -0.05) is 38.7 Å². The van der Waals surface area contributed by atoms with Gasteiger partial charge >= 0.3 is 0 Å². The normalized spacial score (nSPS) is 13.9. The minimum absolute atomic E-state index is 0.762. The maximum atomic E-state index is 3.90. The van der Waals surface area contributed by atoms with E-state index in [0.717, 1.165) is 0 Å². The van der Waals surface area contributed by atoms with Crippen molar-refractivity contribution in [3.05, 3.63) is 25.3 Å². The molecule has 0 aromatic rings. The maximum Gasteiger partial charge on any atom is 0.119 e. The highest BCUT2D eigenvalue weighted by molar-refractivity contribution is 6.84. The van der Waals surface area contributed by atoms with Gasteiger partial charge in [-0.05, 0) is 25.1 Å². The fourth-order valence-electron chi connectivity index (χ4n) is 2.20. The lowest BCUT2D eigenvalue weighted by Gasteiger charge is -2.40. The molecule has 0 N–H and O–H groups in total. The summed E-state index contributed by atoms with van der Waals surface area (Å²) in [5, 5.41) is 0. The molecule has 0 aliphatic heterocycles. The zero-order chi connectivity index (χ0) is 11.9. The highest BCUT2D eigenvalue weighted by Crippen LogP contribution is 2.19. The third-order valence-corrected chi connectivity index (χ3v) is 11.7. The zero-order valence-corrected chi connectivity index (χ0v) is 13.1. The third kappa shape index (κ3) is 4.95. The molecule has 0 aromatic heterocycles. The van der Waals surface area contributed by atoms with Crippen LogP contribution < -0.4 is 0 Å². The first-order valence-electron chi connectivity index (χ1n) is 5.98. The van der Waals surface area contributed by atoms with Gasteiger partial charge in [0.05, 0.1) is 0 Å². The monoisotopic (exact) mass is 241 g/mol. The molecular weight excluding hydrogens is 214 g/mol. The second-order valence-electron chi connectivity index (χ2n) is 4.87. The Balaban J connectivity index is 4.60. The van der Waals surface area contributed by atoms with Crippen LogP contribution in [0.4, 0.5) is 0 Å². The van der Waals surface area contributed by atoms with Crippen molar-refractivity contribution in [1.82, 2.24) is 4.23 Å². The Bertz CT molecular complexity index is 202. The molecule has 0 aliphatic rings. The summed E-state index contributed by atoms with van der Waals surface area (Å²) in [7, 11) is -1.99. The molecule has 0 spiro atoms. The topological polar surface area (TPSA) is 3.24 Å². The van der Waals surface area contributed by atoms with E-state index in [4.69, 9.17) is 0 Å². The van der Waals surface area contributed by atoms with Crippen LogP contribution in [0.15, 0.2) is 25.3 Å². The molecule has 1 nitrogen and oxygen atoms in total. The molecule has 0 amide bonds. The summed E-state index contributed by atoms with van der Waals surface area (Å²) in [4.78, 5) is 0. The molecule has 1 atom stereocenters. The Morgan fingerprint density at radius 1 is 1.27 bits per heavy atom. The van der Waals surface area contributed by atoms with Gasteiger partial charge in [0.15, 0.2) is 0 Å². The quantitative estimate of drug-likeness (QED) is 0.463. The average Bonchev–Trinajstić information content (AvgIpc) is 2.14. The Morgan fingerprint density at radius 3 is 2.27 bits per heavy atom. The molecule has 15 heavy (non-hydrogen) atoms. The van der Waals surface area contributed by atoms with E-state index in [1.807, 2.05) is 0 Å². The molecule has 0 bridgehead atoms. The molecule has 0 aliphatic carbocycles. The van der Waals surface area contributed by atoms with Gasteiger partial charge in [0, 0.05) is 0 Å². The fraction of sp³-hybridized carbons (Fsp3) is 0.667. The molecule has 0 saturated heterocycles. The highest BCUT2D eigenvalue weighted by Gasteiger charge is 2.30. The van der Waals surface area contributed by atoms with Crippen molar-refractivity contribution in [2.24, 2.45) is 0 Å². The van der Waals surface area contributed by atoms with E-state index in [2.05, 4.69) is 56.1 Å². The molecular formula is C12H27NSi2. The lowest BCUT2D eigenvalue weighted by atomic mass is 10.5. The lowest BCUT2D eigenvalue weighted by Crippen LogP contribution is -2.55. The van der Waals surface area contributed by atoms with E-state index >= 15 is 0 Å². The minimum Gasteiger partial charge on any atom is -0.347 e. The Hall–Kier alpha value is -0.126. The number of hydrogen-bond donors (Lipinski definition) is 0. The summed E-state index contributed by atoms with van der Waals surface area (Å²) in [6, 6.07) is 2.44. The van der Waals surface area contributed by atoms with Crippen LogP contribution >= 0.6 is 0 Å². The van der Waals surface area contributed by atoms with Crippen LogP contribution in [-0.2, 0) is 0 Å². The van der Waals surface area contributed by atoms with Crippen molar-refractivity contribution in [3.63, 3.8) is 0 Å². The first-order chi connectivity index (χ1) is 6.99. The average molecular weight is 242 g/mol. The van der Waals surface area contributed by atoms with Gasteiger partial charge in [-0.25, -0.2) is 0 Å². The lowest BCUT2D eigenvalue weighted by molar-refractivity contribution is 0.610. The van der Waals surface area contributed by atoms with Crippen LogP contribution in [0.2, 0.25) is 31.7 Å². The molecule has 88 valence electrons. The first-order valence-corrected chi connectivity index (χ1v) is 11.6. The van der Waals surface area contributed by atoms with Crippen molar-refractivity contribution >= 4 is 17.2 Å². The Morgan fingerprint density at radius 2 is 1.87 bits per heavy atom. The predicted molar refractivity (Wildman–Crippen MR) is 77.5 cm³/mol. The predicted octanol–water partition coefficient (Wildman–Crippen LogP) is 3.63. The van der Waals surface area contributed by atoms with Crippen LogP contribution in [0, 0.1) is 0 Å². The summed E-state index contributed by atoms with van der Waals surface area (Å²) in [5.41, 5.74) is 0. The molecule has 0 aromatic carbocycles. The smallest absolute Gasteiger partial charge is 0.119 e. The van der Waals surface area contributed by atoms with Crippen molar-refractivity contribution in [2.75, 3.05) is 6.54 Å². The Labute approximate surface area is 98.7 Å². The van der Waals surface area contributed by atoms with Crippen LogP contribution in [0.3, 0.4) is 0 Å². The second-order valence-corrected chi connectivity index (χ2v) is 12.8. The van der Waals surface area contributed by atoms with Gasteiger partial charge in [-0.15, -0.1) is 13.2 Å². The van der Waals surface area contributed by atoms with E-state index in [0.29, 0.717) is 0 Å². The third-order valence-electron chi connectivity index (χ3n) is 2.93. The second kappa shape index (κ2) is 7.20. The van der Waals surface area contributed by atoms with Crippen molar-refractivity contribution < 1.29 is 0 Å². The largest absolute Gasteiger partial charge is 0.347 e. The molecule has 0 saturated carbocycles. The molecule has 0 heterocycles.